The molecule has 0 heterocycles. The fraction of sp³-hybridized carbons (Fsp3) is 0.500. The van der Waals surface area contributed by atoms with Crippen molar-refractivity contribution in [3.05, 3.63) is 35.9 Å². The van der Waals surface area contributed by atoms with Gasteiger partial charge in [0, 0.05) is 0 Å². The summed E-state index contributed by atoms with van der Waals surface area (Å²) >= 11 is 0. The molecule has 2 atom stereocenters. The monoisotopic (exact) mass is 293 g/mol. The Labute approximate surface area is 124 Å². The zero-order chi connectivity index (χ0) is 16.3. The molecular formula is C16H23NO4. The molecule has 0 bridgehead atoms. The summed E-state index contributed by atoms with van der Waals surface area (Å²) in [7, 11) is 0. The molecule has 1 unspecified atom stereocenters. The maximum Gasteiger partial charge on any atom is 0.324 e. The van der Waals surface area contributed by atoms with Gasteiger partial charge in [-0.3, -0.25) is 9.59 Å². The Kier molecular flexibility index (Phi) is 5.12. The van der Waals surface area contributed by atoms with Crippen LogP contribution >= 0.6 is 0 Å². The highest BCUT2D eigenvalue weighted by Crippen LogP contribution is 2.35. The third-order valence-electron chi connectivity index (χ3n) is 3.96. The molecule has 5 nitrogen and oxygen atoms in total. The molecule has 5 heteroatoms. The van der Waals surface area contributed by atoms with Crippen LogP contribution in [0.15, 0.2) is 30.3 Å². The first kappa shape index (κ1) is 17.2. The molecule has 1 rings (SSSR count). The number of hydrogen-bond acceptors (Lipinski definition) is 3. The Hall–Kier alpha value is -1.88. The van der Waals surface area contributed by atoms with Crippen molar-refractivity contribution in [1.29, 1.82) is 0 Å². The Morgan fingerprint density at radius 1 is 1.14 bits per heavy atom. The Morgan fingerprint density at radius 3 is 2.05 bits per heavy atom. The van der Waals surface area contributed by atoms with Crippen LogP contribution in [0.5, 0.6) is 0 Å². The summed E-state index contributed by atoms with van der Waals surface area (Å²) in [6, 6.07) is 9.15. The van der Waals surface area contributed by atoms with Crippen molar-refractivity contribution in [2.45, 2.75) is 39.2 Å². The van der Waals surface area contributed by atoms with Crippen LogP contribution in [0.2, 0.25) is 0 Å². The van der Waals surface area contributed by atoms with Crippen LogP contribution in [0.1, 0.15) is 32.8 Å². The summed E-state index contributed by atoms with van der Waals surface area (Å²) in [5.74, 6) is -3.04. The minimum absolute atomic E-state index is 0.115. The van der Waals surface area contributed by atoms with Crippen LogP contribution in [0.3, 0.4) is 0 Å². The summed E-state index contributed by atoms with van der Waals surface area (Å²) < 4.78 is 0. The number of benzene rings is 1. The lowest BCUT2D eigenvalue weighted by Gasteiger charge is -2.39. The van der Waals surface area contributed by atoms with Crippen molar-refractivity contribution >= 4 is 11.9 Å². The van der Waals surface area contributed by atoms with Crippen molar-refractivity contribution in [1.82, 2.24) is 0 Å². The zero-order valence-electron chi connectivity index (χ0n) is 12.7. The quantitative estimate of drug-likeness (QED) is 0.746. The van der Waals surface area contributed by atoms with Crippen molar-refractivity contribution < 1.29 is 19.8 Å². The van der Waals surface area contributed by atoms with E-state index in [4.69, 9.17) is 5.73 Å². The second kappa shape index (κ2) is 6.26. The second-order valence-corrected chi connectivity index (χ2v) is 6.46. The number of carboxylic acids is 2. The first-order valence-electron chi connectivity index (χ1n) is 6.87. The third kappa shape index (κ3) is 4.04. The third-order valence-corrected chi connectivity index (χ3v) is 3.96. The van der Waals surface area contributed by atoms with Crippen LogP contribution in [-0.2, 0) is 16.0 Å². The van der Waals surface area contributed by atoms with Crippen LogP contribution < -0.4 is 5.73 Å². The molecule has 1 aromatic rings. The molecule has 0 aliphatic heterocycles. The van der Waals surface area contributed by atoms with Crippen molar-refractivity contribution in [3.8, 4) is 0 Å². The number of carbonyl (C=O) groups is 2. The van der Waals surface area contributed by atoms with E-state index in [0.717, 1.165) is 5.56 Å². The van der Waals surface area contributed by atoms with E-state index in [1.807, 2.05) is 30.3 Å². The van der Waals surface area contributed by atoms with Gasteiger partial charge in [-0.1, -0.05) is 51.1 Å². The fourth-order valence-corrected chi connectivity index (χ4v) is 2.25. The highest BCUT2D eigenvalue weighted by atomic mass is 16.4. The first-order chi connectivity index (χ1) is 9.58. The lowest BCUT2D eigenvalue weighted by molar-refractivity contribution is -0.151. The Morgan fingerprint density at radius 2 is 1.67 bits per heavy atom. The van der Waals surface area contributed by atoms with Gasteiger partial charge in [0.25, 0.3) is 0 Å². The molecule has 0 radical (unpaired) electrons. The molecule has 4 N–H and O–H groups in total. The van der Waals surface area contributed by atoms with E-state index in [1.165, 1.54) is 0 Å². The van der Waals surface area contributed by atoms with E-state index < -0.39 is 28.8 Å². The smallest absolute Gasteiger partial charge is 0.324 e. The van der Waals surface area contributed by atoms with Crippen molar-refractivity contribution in [2.75, 3.05) is 0 Å². The van der Waals surface area contributed by atoms with Crippen LogP contribution in [0, 0.1) is 11.3 Å². The van der Waals surface area contributed by atoms with Crippen LogP contribution in [-0.4, -0.2) is 27.7 Å². The SMILES string of the molecule is CC(C)(C)[C@@](N)(CC(Cc1ccccc1)C(=O)O)C(=O)O. The molecule has 0 saturated carbocycles. The van der Waals surface area contributed by atoms with E-state index in [-0.39, 0.29) is 12.8 Å². The van der Waals surface area contributed by atoms with Gasteiger partial charge in [-0.15, -0.1) is 0 Å². The number of nitrogens with two attached hydrogens (primary N) is 1. The Bertz CT molecular complexity index is 507. The zero-order valence-corrected chi connectivity index (χ0v) is 12.7. The van der Waals surface area contributed by atoms with Gasteiger partial charge < -0.3 is 15.9 Å². The molecule has 0 amide bonds. The maximum atomic E-state index is 11.6. The summed E-state index contributed by atoms with van der Waals surface area (Å²) in [6.45, 7) is 5.13. The van der Waals surface area contributed by atoms with Gasteiger partial charge in [-0.2, -0.15) is 0 Å². The van der Waals surface area contributed by atoms with Crippen LogP contribution in [0.4, 0.5) is 0 Å². The minimum atomic E-state index is -1.59. The molecular weight excluding hydrogens is 270 g/mol. The highest BCUT2D eigenvalue weighted by molar-refractivity contribution is 5.81. The first-order valence-corrected chi connectivity index (χ1v) is 6.87. The van der Waals surface area contributed by atoms with Gasteiger partial charge in [-0.05, 0) is 23.8 Å². The molecule has 1 aromatic carbocycles. The highest BCUT2D eigenvalue weighted by Gasteiger charge is 2.47. The topological polar surface area (TPSA) is 101 Å². The molecule has 0 spiro atoms. The van der Waals surface area contributed by atoms with E-state index in [0.29, 0.717) is 0 Å². The van der Waals surface area contributed by atoms with Gasteiger partial charge in [0.05, 0.1) is 5.92 Å². The predicted octanol–water partition coefficient (Wildman–Crippen LogP) is 2.15. The van der Waals surface area contributed by atoms with Gasteiger partial charge >= 0.3 is 11.9 Å². The van der Waals surface area contributed by atoms with Crippen molar-refractivity contribution in [2.24, 2.45) is 17.1 Å². The molecule has 0 aromatic heterocycles. The summed E-state index contributed by atoms with van der Waals surface area (Å²) in [4.78, 5) is 23.0. The second-order valence-electron chi connectivity index (χ2n) is 6.46. The van der Waals surface area contributed by atoms with E-state index >= 15 is 0 Å². The largest absolute Gasteiger partial charge is 0.481 e. The van der Waals surface area contributed by atoms with Crippen LogP contribution in [0.25, 0.3) is 0 Å². The van der Waals surface area contributed by atoms with Gasteiger partial charge in [-0.25, -0.2) is 0 Å². The summed E-state index contributed by atoms with van der Waals surface area (Å²) in [6.07, 6.45) is 0.147. The molecule has 0 fully saturated rings. The molecule has 116 valence electrons. The Balaban J connectivity index is 3.02. The molecule has 0 aliphatic rings. The maximum absolute atomic E-state index is 11.6. The summed E-state index contributed by atoms with van der Waals surface area (Å²) in [5.41, 5.74) is 4.56. The average molecular weight is 293 g/mol. The van der Waals surface area contributed by atoms with E-state index in [2.05, 4.69) is 0 Å². The number of rotatable bonds is 6. The van der Waals surface area contributed by atoms with Crippen molar-refractivity contribution in [3.63, 3.8) is 0 Å². The molecule has 21 heavy (non-hydrogen) atoms. The molecule has 0 saturated heterocycles. The van der Waals surface area contributed by atoms with E-state index in [9.17, 15) is 19.8 Å². The lowest BCUT2D eigenvalue weighted by atomic mass is 9.69. The fourth-order valence-electron chi connectivity index (χ4n) is 2.25. The number of aliphatic carboxylic acids is 2. The predicted molar refractivity (Wildman–Crippen MR) is 79.9 cm³/mol. The normalized spacial score (nSPS) is 16.0. The van der Waals surface area contributed by atoms with Gasteiger partial charge in [0.2, 0.25) is 0 Å². The van der Waals surface area contributed by atoms with Gasteiger partial charge in [0.1, 0.15) is 5.54 Å². The van der Waals surface area contributed by atoms with Gasteiger partial charge in [0.15, 0.2) is 0 Å². The van der Waals surface area contributed by atoms with E-state index in [1.54, 1.807) is 20.8 Å². The number of carboxylic acid groups (broad SMARTS) is 2. The number of hydrogen-bond donors (Lipinski definition) is 3. The standard InChI is InChI=1S/C16H23NO4/c1-15(2,3)16(17,14(20)21)10-12(13(18)19)9-11-7-5-4-6-8-11/h4-8,12H,9-10,17H2,1-3H3,(H,18,19)(H,20,21)/t12?,16-/m1/s1. The average Bonchev–Trinajstić information content (AvgIpc) is 2.37. The lowest BCUT2D eigenvalue weighted by Crippen LogP contribution is -2.59. The minimum Gasteiger partial charge on any atom is -0.481 e. The summed E-state index contributed by atoms with van der Waals surface area (Å²) in [5, 5.41) is 18.8. The molecule has 0 aliphatic carbocycles.